The number of nitrogen functional groups attached to an aromatic ring is 1. The molecule has 9 nitrogen and oxygen atoms in total. The Morgan fingerprint density at radius 2 is 2.30 bits per heavy atom. The van der Waals surface area contributed by atoms with Crippen LogP contribution in [0.3, 0.4) is 0 Å². The number of aromatic nitrogens is 3. The van der Waals surface area contributed by atoms with E-state index in [9.17, 15) is 14.9 Å². The van der Waals surface area contributed by atoms with Crippen LogP contribution in [-0.4, -0.2) is 32.7 Å². The second kappa shape index (κ2) is 5.34. The van der Waals surface area contributed by atoms with Gasteiger partial charge < -0.3 is 10.5 Å². The van der Waals surface area contributed by atoms with Crippen LogP contribution in [0.5, 0.6) is 0 Å². The second-order valence-electron chi connectivity index (χ2n) is 3.76. The van der Waals surface area contributed by atoms with Gasteiger partial charge in [0.2, 0.25) is 5.82 Å². The van der Waals surface area contributed by atoms with Crippen molar-refractivity contribution >= 4 is 17.3 Å². The molecule has 0 bridgehead atoms. The summed E-state index contributed by atoms with van der Waals surface area (Å²) < 4.78 is 4.76. The largest absolute Gasteiger partial charge is 0.460 e. The molecule has 0 atom stereocenters. The number of benzene rings is 1. The summed E-state index contributed by atoms with van der Waals surface area (Å²) in [7, 11) is 0. The minimum atomic E-state index is -0.642. The normalized spacial score (nSPS) is 10.2. The highest BCUT2D eigenvalue weighted by atomic mass is 16.6. The maximum absolute atomic E-state index is 11.4. The van der Waals surface area contributed by atoms with E-state index in [4.69, 9.17) is 10.5 Å². The van der Waals surface area contributed by atoms with Gasteiger partial charge in [0.1, 0.15) is 5.69 Å². The number of hydrogen-bond donors (Lipinski definition) is 2. The number of nitrogens with zero attached hydrogens (tertiary/aromatic N) is 3. The van der Waals surface area contributed by atoms with Gasteiger partial charge in [0, 0.05) is 11.6 Å². The highest BCUT2D eigenvalue weighted by Gasteiger charge is 2.17. The zero-order valence-electron chi connectivity index (χ0n) is 10.5. The van der Waals surface area contributed by atoms with Crippen molar-refractivity contribution in [3.63, 3.8) is 0 Å². The van der Waals surface area contributed by atoms with E-state index in [2.05, 4.69) is 15.2 Å². The average molecular weight is 277 g/mol. The number of ether oxygens (including phenoxy) is 1. The first kappa shape index (κ1) is 13.5. The van der Waals surface area contributed by atoms with Gasteiger partial charge in [-0.25, -0.2) is 9.78 Å². The zero-order chi connectivity index (χ0) is 14.7. The van der Waals surface area contributed by atoms with Gasteiger partial charge in [-0.2, -0.15) is 5.10 Å². The van der Waals surface area contributed by atoms with E-state index in [0.717, 1.165) is 0 Å². The van der Waals surface area contributed by atoms with Crippen molar-refractivity contribution in [3.8, 4) is 11.4 Å². The van der Waals surface area contributed by atoms with Gasteiger partial charge in [-0.05, 0) is 19.1 Å². The maximum atomic E-state index is 11.4. The van der Waals surface area contributed by atoms with Crippen LogP contribution in [0.15, 0.2) is 18.2 Å². The van der Waals surface area contributed by atoms with E-state index >= 15 is 0 Å². The second-order valence-corrected chi connectivity index (χ2v) is 3.76. The fourth-order valence-electron chi connectivity index (χ4n) is 1.52. The Labute approximate surface area is 112 Å². The molecule has 104 valence electrons. The lowest BCUT2D eigenvalue weighted by atomic mass is 10.1. The number of rotatable bonds is 4. The summed E-state index contributed by atoms with van der Waals surface area (Å²) in [5, 5.41) is 17.0. The SMILES string of the molecule is CCOC(=O)c1nc(-c2ccc(N)c([N+](=O)[O-])c2)n[nH]1. The Bertz CT molecular complexity index is 667. The van der Waals surface area contributed by atoms with Gasteiger partial charge in [0.25, 0.3) is 5.69 Å². The van der Waals surface area contributed by atoms with E-state index in [1.807, 2.05) is 0 Å². The predicted octanol–water partition coefficient (Wildman–Crippen LogP) is 1.14. The standard InChI is InChI=1S/C11H11N5O4/c1-2-20-11(17)10-13-9(14-15-10)6-3-4-7(12)8(5-6)16(18)19/h3-5H,2,12H2,1H3,(H,13,14,15). The molecule has 0 amide bonds. The first-order valence-electron chi connectivity index (χ1n) is 5.66. The van der Waals surface area contributed by atoms with E-state index in [1.54, 1.807) is 6.92 Å². The molecule has 1 heterocycles. The van der Waals surface area contributed by atoms with Crippen molar-refractivity contribution in [2.45, 2.75) is 6.92 Å². The summed E-state index contributed by atoms with van der Waals surface area (Å²) in [4.78, 5) is 25.6. The number of carbonyl (C=O) groups is 1. The van der Waals surface area contributed by atoms with Crippen LogP contribution < -0.4 is 5.73 Å². The number of anilines is 1. The topological polar surface area (TPSA) is 137 Å². The predicted molar refractivity (Wildman–Crippen MR) is 68.8 cm³/mol. The average Bonchev–Trinajstić information content (AvgIpc) is 2.89. The first-order chi connectivity index (χ1) is 9.52. The molecule has 20 heavy (non-hydrogen) atoms. The van der Waals surface area contributed by atoms with Crippen LogP contribution in [-0.2, 0) is 4.74 Å². The fourth-order valence-corrected chi connectivity index (χ4v) is 1.52. The quantitative estimate of drug-likeness (QED) is 0.370. The van der Waals surface area contributed by atoms with Crippen molar-refractivity contribution in [2.24, 2.45) is 0 Å². The molecule has 3 N–H and O–H groups in total. The minimum absolute atomic E-state index is 0.0416. The number of H-pyrrole nitrogens is 1. The first-order valence-corrected chi connectivity index (χ1v) is 5.66. The number of esters is 1. The van der Waals surface area contributed by atoms with Crippen molar-refractivity contribution < 1.29 is 14.5 Å². The van der Waals surface area contributed by atoms with Crippen LogP contribution in [0.1, 0.15) is 17.5 Å². The molecule has 2 rings (SSSR count). The van der Waals surface area contributed by atoms with Crippen molar-refractivity contribution in [2.75, 3.05) is 12.3 Å². The molecule has 0 aliphatic carbocycles. The molecule has 0 aliphatic rings. The summed E-state index contributed by atoms with van der Waals surface area (Å²) in [6, 6.07) is 4.15. The molecule has 0 spiro atoms. The van der Waals surface area contributed by atoms with Gasteiger partial charge in [0.05, 0.1) is 11.5 Å². The number of aromatic amines is 1. The molecule has 0 radical (unpaired) electrons. The minimum Gasteiger partial charge on any atom is -0.460 e. The molecule has 2 aromatic rings. The molecule has 0 unspecified atom stereocenters. The van der Waals surface area contributed by atoms with Crippen LogP contribution in [0.25, 0.3) is 11.4 Å². The van der Waals surface area contributed by atoms with Crippen molar-refractivity contribution in [3.05, 3.63) is 34.1 Å². The van der Waals surface area contributed by atoms with E-state index < -0.39 is 10.9 Å². The summed E-state index contributed by atoms with van der Waals surface area (Å²) in [6.07, 6.45) is 0. The molecule has 0 saturated heterocycles. The highest BCUT2D eigenvalue weighted by molar-refractivity contribution is 5.85. The number of carbonyl (C=O) groups excluding carboxylic acids is 1. The summed E-state index contributed by atoms with van der Waals surface area (Å²) in [5.41, 5.74) is 5.67. The third kappa shape index (κ3) is 2.55. The molecular weight excluding hydrogens is 266 g/mol. The Balaban J connectivity index is 2.35. The fraction of sp³-hybridized carbons (Fsp3) is 0.182. The van der Waals surface area contributed by atoms with Gasteiger partial charge in [-0.15, -0.1) is 0 Å². The Hall–Kier alpha value is -2.97. The Morgan fingerprint density at radius 3 is 2.95 bits per heavy atom. The molecule has 0 aliphatic heterocycles. The van der Waals surface area contributed by atoms with Crippen LogP contribution in [0.4, 0.5) is 11.4 Å². The van der Waals surface area contributed by atoms with Gasteiger partial charge in [0.15, 0.2) is 5.82 Å². The lowest BCUT2D eigenvalue weighted by molar-refractivity contribution is -0.383. The Kier molecular flexibility index (Phi) is 3.60. The number of nitrogens with one attached hydrogen (secondary N) is 1. The number of nitrogens with two attached hydrogens (primary N) is 1. The van der Waals surface area contributed by atoms with Gasteiger partial charge in [-0.1, -0.05) is 0 Å². The van der Waals surface area contributed by atoms with Crippen LogP contribution in [0, 0.1) is 10.1 Å². The number of nitro groups is 1. The molecule has 1 aromatic carbocycles. The zero-order valence-corrected chi connectivity index (χ0v) is 10.5. The maximum Gasteiger partial charge on any atom is 0.375 e. The molecular formula is C11H11N5O4. The lowest BCUT2D eigenvalue weighted by Gasteiger charge is -1.99. The van der Waals surface area contributed by atoms with Crippen molar-refractivity contribution in [1.29, 1.82) is 0 Å². The summed E-state index contributed by atoms with van der Waals surface area (Å²) >= 11 is 0. The molecule has 1 aromatic heterocycles. The van der Waals surface area contributed by atoms with E-state index in [1.165, 1.54) is 18.2 Å². The lowest BCUT2D eigenvalue weighted by Crippen LogP contribution is -2.06. The smallest absolute Gasteiger partial charge is 0.375 e. The monoisotopic (exact) mass is 277 g/mol. The molecule has 0 saturated carbocycles. The third-order valence-electron chi connectivity index (χ3n) is 2.44. The number of hydrogen-bond acceptors (Lipinski definition) is 7. The van der Waals surface area contributed by atoms with Crippen LogP contribution in [0.2, 0.25) is 0 Å². The van der Waals surface area contributed by atoms with Crippen LogP contribution >= 0.6 is 0 Å². The van der Waals surface area contributed by atoms with E-state index in [-0.39, 0.29) is 29.6 Å². The highest BCUT2D eigenvalue weighted by Crippen LogP contribution is 2.26. The molecule has 9 heteroatoms. The van der Waals surface area contributed by atoms with Crippen molar-refractivity contribution in [1.82, 2.24) is 15.2 Å². The Morgan fingerprint density at radius 1 is 1.55 bits per heavy atom. The number of nitro benzene ring substituents is 1. The van der Waals surface area contributed by atoms with Gasteiger partial charge in [-0.3, -0.25) is 15.2 Å². The van der Waals surface area contributed by atoms with Gasteiger partial charge >= 0.3 is 5.97 Å². The van der Waals surface area contributed by atoms with E-state index in [0.29, 0.717) is 5.56 Å². The third-order valence-corrected chi connectivity index (χ3v) is 2.44. The summed E-state index contributed by atoms with van der Waals surface area (Å²) in [6.45, 7) is 1.88. The molecule has 0 fully saturated rings. The summed E-state index contributed by atoms with van der Waals surface area (Å²) in [5.74, 6) is -0.561.